The van der Waals surface area contributed by atoms with E-state index >= 15 is 0 Å². The summed E-state index contributed by atoms with van der Waals surface area (Å²) in [5.74, 6) is 0.810. The molecule has 2 N–H and O–H groups in total. The van der Waals surface area contributed by atoms with Crippen LogP contribution in [0.25, 0.3) is 0 Å². The van der Waals surface area contributed by atoms with E-state index in [4.69, 9.17) is 5.73 Å². The molecular formula is C13H19BrN2. The second-order valence-corrected chi connectivity index (χ2v) is 5.57. The maximum absolute atomic E-state index is 5.66. The second kappa shape index (κ2) is 5.19. The molecule has 0 amide bonds. The van der Waals surface area contributed by atoms with Crippen LogP contribution in [0.2, 0.25) is 0 Å². The highest BCUT2D eigenvalue weighted by Gasteiger charge is 2.20. The van der Waals surface area contributed by atoms with Gasteiger partial charge in [0.05, 0.1) is 0 Å². The smallest absolute Gasteiger partial charge is 0.0410 e. The molecule has 2 rings (SSSR count). The number of halogens is 1. The van der Waals surface area contributed by atoms with E-state index in [2.05, 4.69) is 46.0 Å². The van der Waals surface area contributed by atoms with E-state index in [0.717, 1.165) is 23.4 Å². The van der Waals surface area contributed by atoms with Gasteiger partial charge in [-0.1, -0.05) is 28.9 Å². The molecule has 1 fully saturated rings. The zero-order valence-corrected chi connectivity index (χ0v) is 11.3. The molecule has 1 unspecified atom stereocenters. The lowest BCUT2D eigenvalue weighted by Gasteiger charge is -2.22. The van der Waals surface area contributed by atoms with E-state index in [9.17, 15) is 0 Å². The van der Waals surface area contributed by atoms with Crippen molar-refractivity contribution in [3.8, 4) is 0 Å². The number of anilines is 1. The number of nitrogens with two attached hydrogens (primary N) is 1. The summed E-state index contributed by atoms with van der Waals surface area (Å²) in [6.07, 6.45) is 2.27. The molecule has 1 heterocycles. The molecule has 1 aliphatic heterocycles. The molecule has 1 aromatic carbocycles. The molecule has 0 spiro atoms. The first-order valence-electron chi connectivity index (χ1n) is 5.94. The fourth-order valence-corrected chi connectivity index (χ4v) is 2.70. The van der Waals surface area contributed by atoms with Gasteiger partial charge in [-0.2, -0.15) is 0 Å². The SMILES string of the molecule is CC1CCN(c2cc(Br)ccc2CCN)C1. The van der Waals surface area contributed by atoms with Gasteiger partial charge in [-0.3, -0.25) is 0 Å². The Bertz CT molecular complexity index is 365. The summed E-state index contributed by atoms with van der Waals surface area (Å²) in [6, 6.07) is 6.52. The van der Waals surface area contributed by atoms with Crippen molar-refractivity contribution in [1.29, 1.82) is 0 Å². The first-order chi connectivity index (χ1) is 7.70. The molecule has 1 atom stereocenters. The fraction of sp³-hybridized carbons (Fsp3) is 0.538. The van der Waals surface area contributed by atoms with Crippen molar-refractivity contribution in [3.63, 3.8) is 0 Å². The minimum absolute atomic E-state index is 0.720. The van der Waals surface area contributed by atoms with Crippen molar-refractivity contribution in [2.45, 2.75) is 19.8 Å². The van der Waals surface area contributed by atoms with E-state index < -0.39 is 0 Å². The molecule has 0 aromatic heterocycles. The van der Waals surface area contributed by atoms with Crippen LogP contribution < -0.4 is 10.6 Å². The minimum Gasteiger partial charge on any atom is -0.371 e. The molecule has 2 nitrogen and oxygen atoms in total. The van der Waals surface area contributed by atoms with Crippen molar-refractivity contribution in [1.82, 2.24) is 0 Å². The molecule has 1 saturated heterocycles. The zero-order valence-electron chi connectivity index (χ0n) is 9.75. The standard InChI is InChI=1S/C13H19BrN2/c1-10-5-7-16(9-10)13-8-12(14)3-2-11(13)4-6-15/h2-3,8,10H,4-7,9,15H2,1H3. The van der Waals surface area contributed by atoms with E-state index in [0.29, 0.717) is 0 Å². The number of benzene rings is 1. The lowest BCUT2D eigenvalue weighted by atomic mass is 10.1. The van der Waals surface area contributed by atoms with Crippen molar-refractivity contribution in [3.05, 3.63) is 28.2 Å². The third kappa shape index (κ3) is 2.58. The Hall–Kier alpha value is -0.540. The predicted molar refractivity (Wildman–Crippen MR) is 72.9 cm³/mol. The van der Waals surface area contributed by atoms with Gasteiger partial charge in [0, 0.05) is 23.2 Å². The average Bonchev–Trinajstić information content (AvgIpc) is 2.68. The molecule has 3 heteroatoms. The molecule has 1 aromatic rings. The Kier molecular flexibility index (Phi) is 3.87. The quantitative estimate of drug-likeness (QED) is 0.924. The molecule has 0 radical (unpaired) electrons. The van der Waals surface area contributed by atoms with Crippen LogP contribution in [0.3, 0.4) is 0 Å². The molecule has 0 aliphatic carbocycles. The van der Waals surface area contributed by atoms with Gasteiger partial charge in [-0.25, -0.2) is 0 Å². The summed E-state index contributed by atoms with van der Waals surface area (Å²) in [6.45, 7) is 5.39. The Morgan fingerprint density at radius 1 is 1.50 bits per heavy atom. The van der Waals surface area contributed by atoms with Crippen LogP contribution in [0.5, 0.6) is 0 Å². The van der Waals surface area contributed by atoms with Gasteiger partial charge in [0.2, 0.25) is 0 Å². The Labute approximate surface area is 106 Å². The maximum Gasteiger partial charge on any atom is 0.0410 e. The maximum atomic E-state index is 5.66. The van der Waals surface area contributed by atoms with Crippen LogP contribution in [0.15, 0.2) is 22.7 Å². The topological polar surface area (TPSA) is 29.3 Å². The van der Waals surface area contributed by atoms with E-state index in [1.807, 2.05) is 0 Å². The van der Waals surface area contributed by atoms with E-state index in [1.54, 1.807) is 0 Å². The lowest BCUT2D eigenvalue weighted by molar-refractivity contribution is 0.659. The summed E-state index contributed by atoms with van der Waals surface area (Å²) >= 11 is 3.55. The number of nitrogens with zero attached hydrogens (tertiary/aromatic N) is 1. The molecule has 0 bridgehead atoms. The van der Waals surface area contributed by atoms with Crippen LogP contribution in [0.4, 0.5) is 5.69 Å². The summed E-state index contributed by atoms with van der Waals surface area (Å²) in [5.41, 5.74) is 8.40. The first-order valence-corrected chi connectivity index (χ1v) is 6.73. The third-order valence-electron chi connectivity index (χ3n) is 3.23. The highest BCUT2D eigenvalue weighted by molar-refractivity contribution is 9.10. The normalized spacial score (nSPS) is 20.4. The minimum atomic E-state index is 0.720. The van der Waals surface area contributed by atoms with Crippen molar-refractivity contribution >= 4 is 21.6 Å². The first kappa shape index (κ1) is 11.9. The predicted octanol–water partition coefficient (Wildman–Crippen LogP) is 2.80. The molecule has 88 valence electrons. The largest absolute Gasteiger partial charge is 0.371 e. The summed E-state index contributed by atoms with van der Waals surface area (Å²) in [4.78, 5) is 2.49. The summed E-state index contributed by atoms with van der Waals surface area (Å²) in [7, 11) is 0. The summed E-state index contributed by atoms with van der Waals surface area (Å²) < 4.78 is 1.16. The average molecular weight is 283 g/mol. The van der Waals surface area contributed by atoms with Crippen LogP contribution in [-0.4, -0.2) is 19.6 Å². The van der Waals surface area contributed by atoms with Crippen LogP contribution in [-0.2, 0) is 6.42 Å². The van der Waals surface area contributed by atoms with Crippen LogP contribution >= 0.6 is 15.9 Å². The monoisotopic (exact) mass is 282 g/mol. The number of rotatable bonds is 3. The van der Waals surface area contributed by atoms with Crippen molar-refractivity contribution < 1.29 is 0 Å². The second-order valence-electron chi connectivity index (χ2n) is 4.65. The highest BCUT2D eigenvalue weighted by Crippen LogP contribution is 2.29. The van der Waals surface area contributed by atoms with Gasteiger partial charge in [0.25, 0.3) is 0 Å². The lowest BCUT2D eigenvalue weighted by Crippen LogP contribution is -2.21. The molecular weight excluding hydrogens is 264 g/mol. The van der Waals surface area contributed by atoms with Gasteiger partial charge in [0.1, 0.15) is 0 Å². The zero-order chi connectivity index (χ0) is 11.5. The van der Waals surface area contributed by atoms with Gasteiger partial charge in [-0.05, 0) is 43.0 Å². The third-order valence-corrected chi connectivity index (χ3v) is 3.72. The highest BCUT2D eigenvalue weighted by atomic mass is 79.9. The van der Waals surface area contributed by atoms with Crippen LogP contribution in [0.1, 0.15) is 18.9 Å². The van der Waals surface area contributed by atoms with Gasteiger partial charge < -0.3 is 10.6 Å². The fourth-order valence-electron chi connectivity index (χ4n) is 2.35. The van der Waals surface area contributed by atoms with E-state index in [1.165, 1.54) is 30.8 Å². The number of hydrogen-bond acceptors (Lipinski definition) is 2. The van der Waals surface area contributed by atoms with Crippen molar-refractivity contribution in [2.24, 2.45) is 11.7 Å². The molecule has 0 saturated carbocycles. The van der Waals surface area contributed by atoms with Crippen LogP contribution in [0, 0.1) is 5.92 Å². The number of hydrogen-bond donors (Lipinski definition) is 1. The Morgan fingerprint density at radius 2 is 2.31 bits per heavy atom. The van der Waals surface area contributed by atoms with Gasteiger partial charge >= 0.3 is 0 Å². The van der Waals surface area contributed by atoms with E-state index in [-0.39, 0.29) is 0 Å². The van der Waals surface area contributed by atoms with Gasteiger partial charge in [-0.15, -0.1) is 0 Å². The molecule has 1 aliphatic rings. The molecule has 16 heavy (non-hydrogen) atoms. The Balaban J connectivity index is 2.26. The Morgan fingerprint density at radius 3 is 2.94 bits per heavy atom. The summed E-state index contributed by atoms with van der Waals surface area (Å²) in [5, 5.41) is 0. The van der Waals surface area contributed by atoms with Gasteiger partial charge in [0.15, 0.2) is 0 Å². The van der Waals surface area contributed by atoms with Crippen molar-refractivity contribution in [2.75, 3.05) is 24.5 Å².